The minimum atomic E-state index is -0.667. The van der Waals surface area contributed by atoms with Crippen LogP contribution in [0.15, 0.2) is 18.6 Å². The topological polar surface area (TPSA) is 30.2 Å². The molecule has 3 nitrogen and oxygen atoms in total. The highest BCUT2D eigenvalue weighted by atomic mass is 35.5. The Bertz CT molecular complexity index is 504. The summed E-state index contributed by atoms with van der Waals surface area (Å²) in [6.45, 7) is 0. The molecule has 1 aliphatic rings. The SMILES string of the molecule is F[C@H]1C[C@H](c2ncc3c(Cl)nccn32)C1. The van der Waals surface area contributed by atoms with Gasteiger partial charge in [0.15, 0.2) is 5.15 Å². The number of imidazole rings is 1. The molecule has 78 valence electrons. The van der Waals surface area contributed by atoms with Crippen molar-refractivity contribution in [1.29, 1.82) is 0 Å². The third kappa shape index (κ3) is 1.32. The van der Waals surface area contributed by atoms with E-state index < -0.39 is 6.17 Å². The maximum atomic E-state index is 12.8. The van der Waals surface area contributed by atoms with Crippen molar-refractivity contribution < 1.29 is 4.39 Å². The predicted molar refractivity (Wildman–Crippen MR) is 54.9 cm³/mol. The summed E-state index contributed by atoms with van der Waals surface area (Å²) in [7, 11) is 0. The average molecular weight is 226 g/mol. The Morgan fingerprint density at radius 3 is 2.93 bits per heavy atom. The molecule has 0 saturated heterocycles. The molecule has 1 saturated carbocycles. The van der Waals surface area contributed by atoms with Gasteiger partial charge in [-0.25, -0.2) is 14.4 Å². The summed E-state index contributed by atoms with van der Waals surface area (Å²) in [5.41, 5.74) is 0.788. The molecule has 0 aromatic carbocycles. The molecule has 0 radical (unpaired) electrons. The van der Waals surface area contributed by atoms with Gasteiger partial charge in [-0.3, -0.25) is 4.40 Å². The highest BCUT2D eigenvalue weighted by molar-refractivity contribution is 6.32. The van der Waals surface area contributed by atoms with Gasteiger partial charge in [0.2, 0.25) is 0 Å². The van der Waals surface area contributed by atoms with E-state index in [9.17, 15) is 4.39 Å². The Kier molecular flexibility index (Phi) is 1.92. The van der Waals surface area contributed by atoms with Crippen LogP contribution in [0, 0.1) is 0 Å². The Morgan fingerprint density at radius 2 is 2.20 bits per heavy atom. The smallest absolute Gasteiger partial charge is 0.154 e. The van der Waals surface area contributed by atoms with E-state index in [4.69, 9.17) is 11.6 Å². The van der Waals surface area contributed by atoms with Gasteiger partial charge in [0.25, 0.3) is 0 Å². The van der Waals surface area contributed by atoms with Crippen LogP contribution >= 0.6 is 11.6 Å². The number of rotatable bonds is 1. The fourth-order valence-electron chi connectivity index (χ4n) is 1.98. The fraction of sp³-hybridized carbons (Fsp3) is 0.400. The Hall–Kier alpha value is -1.16. The third-order valence-electron chi connectivity index (χ3n) is 2.89. The Balaban J connectivity index is 2.09. The van der Waals surface area contributed by atoms with Crippen LogP contribution in [-0.2, 0) is 0 Å². The molecular weight excluding hydrogens is 217 g/mol. The van der Waals surface area contributed by atoms with Crippen molar-refractivity contribution in [2.45, 2.75) is 24.9 Å². The van der Waals surface area contributed by atoms with Gasteiger partial charge >= 0.3 is 0 Å². The minimum absolute atomic E-state index is 0.223. The average Bonchev–Trinajstić information content (AvgIpc) is 2.58. The Morgan fingerprint density at radius 1 is 1.40 bits per heavy atom. The van der Waals surface area contributed by atoms with E-state index in [1.807, 2.05) is 10.6 Å². The lowest BCUT2D eigenvalue weighted by Gasteiger charge is -2.28. The summed E-state index contributed by atoms with van der Waals surface area (Å²) in [4.78, 5) is 8.25. The van der Waals surface area contributed by atoms with Gasteiger partial charge < -0.3 is 0 Å². The number of hydrogen-bond acceptors (Lipinski definition) is 2. The zero-order valence-corrected chi connectivity index (χ0v) is 8.65. The van der Waals surface area contributed by atoms with Gasteiger partial charge in [-0.2, -0.15) is 0 Å². The van der Waals surface area contributed by atoms with E-state index in [2.05, 4.69) is 9.97 Å². The van der Waals surface area contributed by atoms with Gasteiger partial charge in [-0.15, -0.1) is 0 Å². The summed E-state index contributed by atoms with van der Waals surface area (Å²) in [6.07, 6.45) is 5.61. The molecule has 0 amide bonds. The van der Waals surface area contributed by atoms with Crippen LogP contribution in [-0.4, -0.2) is 20.5 Å². The van der Waals surface area contributed by atoms with Gasteiger partial charge in [-0.1, -0.05) is 11.6 Å². The third-order valence-corrected chi connectivity index (χ3v) is 3.18. The van der Waals surface area contributed by atoms with E-state index >= 15 is 0 Å². The molecule has 0 bridgehead atoms. The van der Waals surface area contributed by atoms with Crippen LogP contribution < -0.4 is 0 Å². The van der Waals surface area contributed by atoms with E-state index in [1.54, 1.807) is 12.4 Å². The normalized spacial score (nSPS) is 25.5. The monoisotopic (exact) mass is 225 g/mol. The summed E-state index contributed by atoms with van der Waals surface area (Å²) in [5, 5.41) is 0.437. The highest BCUT2D eigenvalue weighted by Gasteiger charge is 2.33. The van der Waals surface area contributed by atoms with E-state index in [1.165, 1.54) is 0 Å². The number of hydrogen-bond donors (Lipinski definition) is 0. The fourth-order valence-corrected chi connectivity index (χ4v) is 2.17. The molecule has 0 aliphatic heterocycles. The quantitative estimate of drug-likeness (QED) is 0.747. The second kappa shape index (κ2) is 3.17. The maximum absolute atomic E-state index is 12.8. The molecule has 15 heavy (non-hydrogen) atoms. The second-order valence-electron chi connectivity index (χ2n) is 3.86. The first-order valence-corrected chi connectivity index (χ1v) is 5.25. The first kappa shape index (κ1) is 9.09. The van der Waals surface area contributed by atoms with Crippen LogP contribution in [0.1, 0.15) is 24.6 Å². The second-order valence-corrected chi connectivity index (χ2v) is 4.21. The van der Waals surface area contributed by atoms with Crippen LogP contribution in [0.5, 0.6) is 0 Å². The first-order chi connectivity index (χ1) is 7.25. The van der Waals surface area contributed by atoms with Crippen molar-refractivity contribution in [2.24, 2.45) is 0 Å². The number of halogens is 2. The standard InChI is InChI=1S/C10H9ClFN3/c11-9-8-5-14-10(6-3-7(12)4-6)15(8)2-1-13-9/h1-2,5-7H,3-4H2/t6-,7-. The van der Waals surface area contributed by atoms with Crippen molar-refractivity contribution in [2.75, 3.05) is 0 Å². The number of fused-ring (bicyclic) bond motifs is 1. The van der Waals surface area contributed by atoms with E-state index in [-0.39, 0.29) is 5.92 Å². The minimum Gasteiger partial charge on any atom is -0.299 e. The Labute approximate surface area is 90.9 Å². The van der Waals surface area contributed by atoms with Crippen molar-refractivity contribution in [3.05, 3.63) is 29.6 Å². The molecule has 3 rings (SSSR count). The van der Waals surface area contributed by atoms with Gasteiger partial charge in [0.1, 0.15) is 17.5 Å². The van der Waals surface area contributed by atoms with E-state index in [0.717, 1.165) is 11.3 Å². The first-order valence-electron chi connectivity index (χ1n) is 4.87. The summed E-state index contributed by atoms with van der Waals surface area (Å²) in [5.74, 6) is 1.11. The summed E-state index contributed by atoms with van der Waals surface area (Å²) >= 11 is 5.92. The molecule has 1 fully saturated rings. The number of nitrogens with zero attached hydrogens (tertiary/aromatic N) is 3. The zero-order valence-electron chi connectivity index (χ0n) is 7.90. The van der Waals surface area contributed by atoms with Gasteiger partial charge in [0.05, 0.1) is 6.20 Å². The molecule has 0 atom stereocenters. The van der Waals surface area contributed by atoms with Gasteiger partial charge in [0, 0.05) is 18.3 Å². The van der Waals surface area contributed by atoms with Crippen LogP contribution in [0.25, 0.3) is 5.52 Å². The van der Waals surface area contributed by atoms with Crippen molar-refractivity contribution in [1.82, 2.24) is 14.4 Å². The lowest BCUT2D eigenvalue weighted by Crippen LogP contribution is -2.24. The molecule has 2 aromatic rings. The number of aromatic nitrogens is 3. The predicted octanol–water partition coefficient (Wildman–Crippen LogP) is 2.60. The molecule has 2 heterocycles. The summed E-state index contributed by atoms with van der Waals surface area (Å²) < 4.78 is 14.7. The zero-order chi connectivity index (χ0) is 10.4. The van der Waals surface area contributed by atoms with Crippen molar-refractivity contribution in [3.63, 3.8) is 0 Å². The molecular formula is C10H9ClFN3. The van der Waals surface area contributed by atoms with Crippen molar-refractivity contribution in [3.8, 4) is 0 Å². The lowest BCUT2D eigenvalue weighted by atomic mass is 9.83. The highest BCUT2D eigenvalue weighted by Crippen LogP contribution is 2.38. The van der Waals surface area contributed by atoms with Gasteiger partial charge in [-0.05, 0) is 12.8 Å². The number of alkyl halides is 1. The molecule has 5 heteroatoms. The lowest BCUT2D eigenvalue weighted by molar-refractivity contribution is 0.173. The van der Waals surface area contributed by atoms with Crippen LogP contribution in [0.2, 0.25) is 5.15 Å². The van der Waals surface area contributed by atoms with Crippen LogP contribution in [0.4, 0.5) is 4.39 Å². The van der Waals surface area contributed by atoms with Crippen LogP contribution in [0.3, 0.4) is 0 Å². The molecule has 0 spiro atoms. The molecule has 1 aliphatic carbocycles. The molecule has 0 N–H and O–H groups in total. The van der Waals surface area contributed by atoms with Crippen molar-refractivity contribution >= 4 is 17.1 Å². The molecule has 2 aromatic heterocycles. The maximum Gasteiger partial charge on any atom is 0.154 e. The van der Waals surface area contributed by atoms with E-state index in [0.29, 0.717) is 18.0 Å². The molecule has 0 unspecified atom stereocenters. The largest absolute Gasteiger partial charge is 0.299 e. The summed E-state index contributed by atoms with van der Waals surface area (Å²) in [6, 6.07) is 0.